The molecule has 1 fully saturated rings. The first-order chi connectivity index (χ1) is 10.4. The molecule has 0 aromatic heterocycles. The number of benzene rings is 1. The number of carbonyl (C=O) groups is 1. The Morgan fingerprint density at radius 2 is 2.23 bits per heavy atom. The Balaban J connectivity index is 2.15. The van der Waals surface area contributed by atoms with Crippen LogP contribution in [0.4, 0.5) is 0 Å². The number of sulfonamides is 1. The highest BCUT2D eigenvalue weighted by Crippen LogP contribution is 2.20. The molecule has 1 aromatic carbocycles. The molecule has 0 bridgehead atoms. The average Bonchev–Trinajstić information content (AvgIpc) is 2.52. The third-order valence-electron chi connectivity index (χ3n) is 3.71. The molecule has 0 saturated carbocycles. The summed E-state index contributed by atoms with van der Waals surface area (Å²) < 4.78 is 25.0. The van der Waals surface area contributed by atoms with E-state index in [1.54, 1.807) is 29.2 Å². The zero-order chi connectivity index (χ0) is 16.2. The van der Waals surface area contributed by atoms with Gasteiger partial charge in [0.15, 0.2) is 0 Å². The van der Waals surface area contributed by atoms with Crippen molar-refractivity contribution in [1.29, 1.82) is 5.26 Å². The minimum Gasteiger partial charge on any atom is -0.334 e. The lowest BCUT2D eigenvalue weighted by Crippen LogP contribution is -2.49. The van der Waals surface area contributed by atoms with E-state index in [4.69, 9.17) is 5.26 Å². The van der Waals surface area contributed by atoms with E-state index in [1.807, 2.05) is 6.07 Å². The summed E-state index contributed by atoms with van der Waals surface area (Å²) in [5.74, 6) is -0.155. The van der Waals surface area contributed by atoms with E-state index in [1.165, 1.54) is 0 Å². The SMILES string of the molecule is CS(=O)(=O)NC[C@@H]1CCCCN1C(=O)c1cccc(C#N)c1. The van der Waals surface area contributed by atoms with Gasteiger partial charge in [0.25, 0.3) is 5.91 Å². The topological polar surface area (TPSA) is 90.3 Å². The van der Waals surface area contributed by atoms with Crippen LogP contribution in [0.25, 0.3) is 0 Å². The second-order valence-corrected chi connectivity index (χ2v) is 7.29. The van der Waals surface area contributed by atoms with Crippen molar-refractivity contribution in [3.63, 3.8) is 0 Å². The number of hydrogen-bond acceptors (Lipinski definition) is 4. The largest absolute Gasteiger partial charge is 0.334 e. The Morgan fingerprint density at radius 3 is 2.91 bits per heavy atom. The third kappa shape index (κ3) is 4.29. The fourth-order valence-electron chi connectivity index (χ4n) is 2.62. The molecular weight excluding hydrogens is 302 g/mol. The molecule has 0 aliphatic carbocycles. The van der Waals surface area contributed by atoms with Crippen LogP contribution in [0.1, 0.15) is 35.2 Å². The third-order valence-corrected chi connectivity index (χ3v) is 4.40. The highest BCUT2D eigenvalue weighted by atomic mass is 32.2. The molecule has 0 radical (unpaired) electrons. The molecule has 1 aliphatic heterocycles. The molecule has 0 unspecified atom stereocenters. The van der Waals surface area contributed by atoms with Gasteiger partial charge in [0.05, 0.1) is 17.9 Å². The molecule has 22 heavy (non-hydrogen) atoms. The average molecular weight is 321 g/mol. The maximum absolute atomic E-state index is 12.6. The minimum absolute atomic E-state index is 0.151. The Labute approximate surface area is 130 Å². The van der Waals surface area contributed by atoms with E-state index in [-0.39, 0.29) is 18.5 Å². The van der Waals surface area contributed by atoms with Crippen LogP contribution in [0.2, 0.25) is 0 Å². The Kier molecular flexibility index (Phi) is 5.16. The smallest absolute Gasteiger partial charge is 0.254 e. The summed E-state index contributed by atoms with van der Waals surface area (Å²) in [6.45, 7) is 0.828. The van der Waals surface area contributed by atoms with Crippen molar-refractivity contribution >= 4 is 15.9 Å². The van der Waals surface area contributed by atoms with Gasteiger partial charge in [0.1, 0.15) is 0 Å². The molecule has 118 valence electrons. The van der Waals surface area contributed by atoms with Gasteiger partial charge in [-0.25, -0.2) is 13.1 Å². The van der Waals surface area contributed by atoms with Gasteiger partial charge in [0, 0.05) is 24.7 Å². The first kappa shape index (κ1) is 16.5. The number of amides is 1. The van der Waals surface area contributed by atoms with Crippen LogP contribution in [0.5, 0.6) is 0 Å². The maximum Gasteiger partial charge on any atom is 0.254 e. The quantitative estimate of drug-likeness (QED) is 0.899. The summed E-state index contributed by atoms with van der Waals surface area (Å²) >= 11 is 0. The number of carbonyl (C=O) groups excluding carboxylic acids is 1. The van der Waals surface area contributed by atoms with Crippen molar-refractivity contribution in [2.45, 2.75) is 25.3 Å². The fourth-order valence-corrected chi connectivity index (χ4v) is 3.11. The molecule has 1 saturated heterocycles. The monoisotopic (exact) mass is 321 g/mol. The predicted molar refractivity (Wildman–Crippen MR) is 82.7 cm³/mol. The summed E-state index contributed by atoms with van der Waals surface area (Å²) in [5.41, 5.74) is 0.902. The zero-order valence-corrected chi connectivity index (χ0v) is 13.3. The van der Waals surface area contributed by atoms with Gasteiger partial charge in [-0.15, -0.1) is 0 Å². The van der Waals surface area contributed by atoms with Crippen molar-refractivity contribution < 1.29 is 13.2 Å². The molecule has 0 spiro atoms. The van der Waals surface area contributed by atoms with E-state index in [0.717, 1.165) is 25.5 Å². The van der Waals surface area contributed by atoms with Crippen molar-refractivity contribution in [1.82, 2.24) is 9.62 Å². The van der Waals surface area contributed by atoms with Gasteiger partial charge in [-0.2, -0.15) is 5.26 Å². The zero-order valence-electron chi connectivity index (χ0n) is 12.4. The molecule has 2 rings (SSSR count). The summed E-state index contributed by atoms with van der Waals surface area (Å²) in [6, 6.07) is 8.44. The van der Waals surface area contributed by atoms with Gasteiger partial charge in [0.2, 0.25) is 10.0 Å². The van der Waals surface area contributed by atoms with Crippen molar-refractivity contribution in [2.24, 2.45) is 0 Å². The maximum atomic E-state index is 12.6. The van der Waals surface area contributed by atoms with Crippen LogP contribution in [-0.2, 0) is 10.0 Å². The van der Waals surface area contributed by atoms with Crippen molar-refractivity contribution in [3.8, 4) is 6.07 Å². The number of piperidine rings is 1. The molecular formula is C15H19N3O3S. The van der Waals surface area contributed by atoms with E-state index in [0.29, 0.717) is 17.7 Å². The fraction of sp³-hybridized carbons (Fsp3) is 0.467. The number of hydrogen-bond donors (Lipinski definition) is 1. The second kappa shape index (κ2) is 6.90. The first-order valence-electron chi connectivity index (χ1n) is 7.16. The van der Waals surface area contributed by atoms with E-state index in [9.17, 15) is 13.2 Å². The summed E-state index contributed by atoms with van der Waals surface area (Å²) in [5, 5.41) is 8.93. The van der Waals surface area contributed by atoms with Crippen LogP contribution < -0.4 is 4.72 Å². The normalized spacial score (nSPS) is 18.7. The van der Waals surface area contributed by atoms with E-state index < -0.39 is 10.0 Å². The lowest BCUT2D eigenvalue weighted by Gasteiger charge is -2.35. The lowest BCUT2D eigenvalue weighted by atomic mass is 10.0. The van der Waals surface area contributed by atoms with Crippen LogP contribution >= 0.6 is 0 Å². The standard InChI is InChI=1S/C15H19N3O3S/c1-22(20,21)17-11-14-7-2-3-8-18(14)15(19)13-6-4-5-12(9-13)10-16/h4-6,9,14,17H,2-3,7-8,11H2,1H3/t14-/m0/s1. The number of rotatable bonds is 4. The first-order valence-corrected chi connectivity index (χ1v) is 9.05. The highest BCUT2D eigenvalue weighted by molar-refractivity contribution is 7.88. The predicted octanol–water partition coefficient (Wildman–Crippen LogP) is 1.10. The van der Waals surface area contributed by atoms with Gasteiger partial charge in [-0.05, 0) is 37.5 Å². The van der Waals surface area contributed by atoms with Crippen molar-refractivity contribution in [3.05, 3.63) is 35.4 Å². The van der Waals surface area contributed by atoms with Gasteiger partial charge in [-0.1, -0.05) is 6.07 Å². The molecule has 1 atom stereocenters. The lowest BCUT2D eigenvalue weighted by molar-refractivity contribution is 0.0619. The number of likely N-dealkylation sites (tertiary alicyclic amines) is 1. The van der Waals surface area contributed by atoms with Crippen LogP contribution in [0, 0.1) is 11.3 Å². The molecule has 1 amide bonds. The van der Waals surface area contributed by atoms with Crippen LogP contribution in [0.15, 0.2) is 24.3 Å². The van der Waals surface area contributed by atoms with Crippen LogP contribution in [-0.4, -0.2) is 44.6 Å². The molecule has 1 N–H and O–H groups in total. The molecule has 1 aliphatic rings. The second-order valence-electron chi connectivity index (χ2n) is 5.46. The molecule has 1 aromatic rings. The Bertz CT molecular complexity index is 694. The van der Waals surface area contributed by atoms with Gasteiger partial charge < -0.3 is 4.90 Å². The van der Waals surface area contributed by atoms with Gasteiger partial charge >= 0.3 is 0 Å². The Hall–Kier alpha value is -1.91. The van der Waals surface area contributed by atoms with E-state index in [2.05, 4.69) is 4.72 Å². The highest BCUT2D eigenvalue weighted by Gasteiger charge is 2.28. The Morgan fingerprint density at radius 1 is 1.45 bits per heavy atom. The molecule has 7 heteroatoms. The van der Waals surface area contributed by atoms with Crippen molar-refractivity contribution in [2.75, 3.05) is 19.3 Å². The number of nitrogens with one attached hydrogen (secondary N) is 1. The molecule has 6 nitrogen and oxygen atoms in total. The summed E-state index contributed by atoms with van der Waals surface area (Å²) in [7, 11) is -3.28. The number of nitriles is 1. The van der Waals surface area contributed by atoms with E-state index >= 15 is 0 Å². The number of nitrogens with zero attached hydrogens (tertiary/aromatic N) is 2. The summed E-state index contributed by atoms with van der Waals surface area (Å²) in [6.07, 6.45) is 3.75. The van der Waals surface area contributed by atoms with Crippen LogP contribution in [0.3, 0.4) is 0 Å². The van der Waals surface area contributed by atoms with Gasteiger partial charge in [-0.3, -0.25) is 4.79 Å². The summed E-state index contributed by atoms with van der Waals surface area (Å²) in [4.78, 5) is 14.3. The molecule has 1 heterocycles. The minimum atomic E-state index is -3.28.